The van der Waals surface area contributed by atoms with E-state index in [1.165, 1.54) is 0 Å². The van der Waals surface area contributed by atoms with Crippen LogP contribution in [-0.4, -0.2) is 42.6 Å². The summed E-state index contributed by atoms with van der Waals surface area (Å²) >= 11 is 1.56. The van der Waals surface area contributed by atoms with E-state index in [1.807, 2.05) is 51.2 Å². The SMILES string of the molecule is CCCN(C)c1cc(COC)nc(SCc2cccc(C(=O)NC(C)C)c2)n1. The summed E-state index contributed by atoms with van der Waals surface area (Å²) in [5, 5.41) is 3.64. The van der Waals surface area contributed by atoms with Crippen LogP contribution < -0.4 is 10.2 Å². The number of carbonyl (C=O) groups excluding carboxylic acids is 1. The molecule has 2 rings (SSSR count). The van der Waals surface area contributed by atoms with Crippen molar-refractivity contribution < 1.29 is 9.53 Å². The molecule has 0 saturated heterocycles. The van der Waals surface area contributed by atoms with Crippen LogP contribution in [0.2, 0.25) is 0 Å². The van der Waals surface area contributed by atoms with Crippen LogP contribution in [0.3, 0.4) is 0 Å². The lowest BCUT2D eigenvalue weighted by molar-refractivity contribution is 0.0943. The summed E-state index contributed by atoms with van der Waals surface area (Å²) in [6.07, 6.45) is 1.05. The minimum Gasteiger partial charge on any atom is -0.378 e. The van der Waals surface area contributed by atoms with Gasteiger partial charge in [-0.25, -0.2) is 9.97 Å². The summed E-state index contributed by atoms with van der Waals surface area (Å²) in [6.45, 7) is 7.43. The monoisotopic (exact) mass is 402 g/mol. The largest absolute Gasteiger partial charge is 0.378 e. The average molecular weight is 403 g/mol. The topological polar surface area (TPSA) is 67.3 Å². The number of nitrogens with one attached hydrogen (secondary N) is 1. The highest BCUT2D eigenvalue weighted by atomic mass is 32.2. The molecule has 1 aromatic carbocycles. The van der Waals surface area contributed by atoms with Gasteiger partial charge in [0, 0.05) is 44.1 Å². The predicted octanol–water partition coefficient (Wildman–Crippen LogP) is 3.90. The van der Waals surface area contributed by atoms with Crippen LogP contribution >= 0.6 is 11.8 Å². The smallest absolute Gasteiger partial charge is 0.251 e. The highest BCUT2D eigenvalue weighted by Crippen LogP contribution is 2.23. The first kappa shape index (κ1) is 22.2. The Morgan fingerprint density at radius 3 is 2.75 bits per heavy atom. The number of hydrogen-bond acceptors (Lipinski definition) is 6. The molecule has 0 radical (unpaired) electrons. The quantitative estimate of drug-likeness (QED) is 0.480. The Bertz CT molecular complexity index is 783. The molecule has 28 heavy (non-hydrogen) atoms. The third kappa shape index (κ3) is 6.80. The number of thioether (sulfide) groups is 1. The summed E-state index contributed by atoms with van der Waals surface area (Å²) < 4.78 is 5.25. The Morgan fingerprint density at radius 2 is 2.07 bits per heavy atom. The fourth-order valence-electron chi connectivity index (χ4n) is 2.69. The molecule has 0 unspecified atom stereocenters. The normalized spacial score (nSPS) is 10.9. The lowest BCUT2D eigenvalue weighted by Crippen LogP contribution is -2.30. The van der Waals surface area contributed by atoms with Gasteiger partial charge in [-0.1, -0.05) is 30.8 Å². The predicted molar refractivity (Wildman–Crippen MR) is 115 cm³/mol. The third-order valence-corrected chi connectivity index (χ3v) is 4.88. The zero-order valence-electron chi connectivity index (χ0n) is 17.4. The van der Waals surface area contributed by atoms with Gasteiger partial charge in [0.05, 0.1) is 12.3 Å². The summed E-state index contributed by atoms with van der Waals surface area (Å²) in [7, 11) is 3.70. The van der Waals surface area contributed by atoms with E-state index in [0.717, 1.165) is 30.0 Å². The standard InChI is InChI=1S/C21H30N4O2S/c1-6-10-25(4)19-12-18(13-27-5)23-21(24-19)28-14-16-8-7-9-17(11-16)20(26)22-15(2)3/h7-9,11-12,15H,6,10,13-14H2,1-5H3,(H,22,26). The molecule has 0 saturated carbocycles. The molecule has 0 atom stereocenters. The summed E-state index contributed by atoms with van der Waals surface area (Å²) in [4.78, 5) is 23.6. The van der Waals surface area contributed by atoms with Gasteiger partial charge in [-0.15, -0.1) is 0 Å². The lowest BCUT2D eigenvalue weighted by Gasteiger charge is -2.18. The molecule has 1 amide bonds. The molecule has 2 aromatic rings. The fourth-order valence-corrected chi connectivity index (χ4v) is 3.50. The van der Waals surface area contributed by atoms with Crippen LogP contribution in [0.25, 0.3) is 0 Å². The molecule has 0 aliphatic heterocycles. The summed E-state index contributed by atoms with van der Waals surface area (Å²) in [5.41, 5.74) is 2.60. The maximum Gasteiger partial charge on any atom is 0.251 e. The van der Waals surface area contributed by atoms with E-state index in [9.17, 15) is 4.79 Å². The maximum absolute atomic E-state index is 12.2. The first-order chi connectivity index (χ1) is 13.4. The first-order valence-electron chi connectivity index (χ1n) is 9.53. The molecule has 6 nitrogen and oxygen atoms in total. The van der Waals surface area contributed by atoms with Crippen LogP contribution in [-0.2, 0) is 17.1 Å². The van der Waals surface area contributed by atoms with E-state index in [2.05, 4.69) is 27.1 Å². The van der Waals surface area contributed by atoms with Crippen LogP contribution in [0.5, 0.6) is 0 Å². The van der Waals surface area contributed by atoms with Gasteiger partial charge in [0.2, 0.25) is 0 Å². The second-order valence-electron chi connectivity index (χ2n) is 6.97. The number of hydrogen-bond donors (Lipinski definition) is 1. The second-order valence-corrected chi connectivity index (χ2v) is 7.91. The van der Waals surface area contributed by atoms with E-state index in [4.69, 9.17) is 4.74 Å². The number of ether oxygens (including phenoxy) is 1. The molecule has 7 heteroatoms. The zero-order valence-corrected chi connectivity index (χ0v) is 18.2. The van der Waals surface area contributed by atoms with Crippen LogP contribution in [0.15, 0.2) is 35.5 Å². The number of aromatic nitrogens is 2. The highest BCUT2D eigenvalue weighted by molar-refractivity contribution is 7.98. The number of methoxy groups -OCH3 is 1. The molecule has 152 valence electrons. The van der Waals surface area contributed by atoms with E-state index < -0.39 is 0 Å². The van der Waals surface area contributed by atoms with Gasteiger partial charge in [0.15, 0.2) is 5.16 Å². The van der Waals surface area contributed by atoms with Crippen LogP contribution in [0, 0.1) is 0 Å². The van der Waals surface area contributed by atoms with Crippen molar-refractivity contribution in [2.45, 2.75) is 50.8 Å². The lowest BCUT2D eigenvalue weighted by atomic mass is 10.1. The molecule has 0 fully saturated rings. The van der Waals surface area contributed by atoms with Crippen molar-refractivity contribution in [3.05, 3.63) is 47.2 Å². The summed E-state index contributed by atoms with van der Waals surface area (Å²) in [5.74, 6) is 1.54. The molecule has 1 heterocycles. The van der Waals surface area contributed by atoms with Crippen molar-refractivity contribution in [1.82, 2.24) is 15.3 Å². The maximum atomic E-state index is 12.2. The van der Waals surface area contributed by atoms with Gasteiger partial charge < -0.3 is 15.0 Å². The van der Waals surface area contributed by atoms with Gasteiger partial charge in [-0.05, 0) is 38.0 Å². The Labute approximate surface area is 172 Å². The van der Waals surface area contributed by atoms with Crippen molar-refractivity contribution in [1.29, 1.82) is 0 Å². The molecule has 0 bridgehead atoms. The first-order valence-corrected chi connectivity index (χ1v) is 10.5. The Morgan fingerprint density at radius 1 is 1.29 bits per heavy atom. The minimum absolute atomic E-state index is 0.0522. The molecule has 0 spiro atoms. The van der Waals surface area contributed by atoms with E-state index in [-0.39, 0.29) is 11.9 Å². The number of nitrogens with zero attached hydrogens (tertiary/aromatic N) is 3. The number of amides is 1. The van der Waals surface area contributed by atoms with E-state index in [1.54, 1.807) is 18.9 Å². The molecular formula is C21H30N4O2S. The molecule has 1 aromatic heterocycles. The summed E-state index contributed by atoms with van der Waals surface area (Å²) in [6, 6.07) is 9.77. The van der Waals surface area contributed by atoms with Gasteiger partial charge in [-0.3, -0.25) is 4.79 Å². The number of carbonyl (C=O) groups is 1. The van der Waals surface area contributed by atoms with Gasteiger partial charge in [-0.2, -0.15) is 0 Å². The van der Waals surface area contributed by atoms with Gasteiger partial charge in [0.25, 0.3) is 5.91 Å². The number of anilines is 1. The number of rotatable bonds is 10. The fraction of sp³-hybridized carbons (Fsp3) is 0.476. The van der Waals surface area contributed by atoms with Crippen molar-refractivity contribution in [3.8, 4) is 0 Å². The third-order valence-electron chi connectivity index (χ3n) is 3.96. The van der Waals surface area contributed by atoms with Crippen LogP contribution in [0.1, 0.15) is 48.8 Å². The molecule has 0 aliphatic rings. The van der Waals surface area contributed by atoms with Gasteiger partial charge in [0.1, 0.15) is 5.82 Å². The van der Waals surface area contributed by atoms with Gasteiger partial charge >= 0.3 is 0 Å². The molecule has 1 N–H and O–H groups in total. The average Bonchev–Trinajstić information content (AvgIpc) is 2.66. The van der Waals surface area contributed by atoms with Crippen LogP contribution in [0.4, 0.5) is 5.82 Å². The van der Waals surface area contributed by atoms with Crippen molar-refractivity contribution >= 4 is 23.5 Å². The Balaban J connectivity index is 2.14. The number of benzene rings is 1. The molecule has 0 aliphatic carbocycles. The zero-order chi connectivity index (χ0) is 20.5. The molecular weight excluding hydrogens is 372 g/mol. The van der Waals surface area contributed by atoms with E-state index >= 15 is 0 Å². The Kier molecular flexibility index (Phi) is 8.73. The second kappa shape index (κ2) is 11.0. The Hall–Kier alpha value is -2.12. The van der Waals surface area contributed by atoms with Crippen molar-refractivity contribution in [3.63, 3.8) is 0 Å². The van der Waals surface area contributed by atoms with Crippen molar-refractivity contribution in [2.24, 2.45) is 0 Å². The van der Waals surface area contributed by atoms with Crippen molar-refractivity contribution in [2.75, 3.05) is 25.6 Å². The minimum atomic E-state index is -0.0522. The van der Waals surface area contributed by atoms with E-state index in [0.29, 0.717) is 23.1 Å². The highest BCUT2D eigenvalue weighted by Gasteiger charge is 2.11.